The molecule has 33 heavy (non-hydrogen) atoms. The summed E-state index contributed by atoms with van der Waals surface area (Å²) >= 11 is 0. The minimum atomic E-state index is 0. The second kappa shape index (κ2) is 12.2. The van der Waals surface area contributed by atoms with Crippen molar-refractivity contribution in [1.82, 2.24) is 0 Å². The molecule has 3 aliphatic rings. The molecule has 0 radical (unpaired) electrons. The van der Waals surface area contributed by atoms with Gasteiger partial charge in [0.1, 0.15) is 6.29 Å². The number of carbonyl (C=O) groups excluding carboxylic acids is 1. The zero-order chi connectivity index (χ0) is 24.1. The third-order valence-corrected chi connectivity index (χ3v) is 7.94. The SMILES string of the molecule is C.C=C1C(C)CC(C=O)CC1C=C1CCCC2(C)C(C(C)CC#CC(C)(C)C)=CCC12.CC. The van der Waals surface area contributed by atoms with Crippen LogP contribution >= 0.6 is 0 Å². The second-order valence-electron chi connectivity index (χ2n) is 11.6. The Balaban J connectivity index is 0.00000177. The lowest BCUT2D eigenvalue weighted by Crippen LogP contribution is -2.33. The van der Waals surface area contributed by atoms with Crippen LogP contribution in [0.2, 0.25) is 0 Å². The Morgan fingerprint density at radius 1 is 1.27 bits per heavy atom. The van der Waals surface area contributed by atoms with Crippen molar-refractivity contribution in [2.75, 3.05) is 0 Å². The Hall–Kier alpha value is -1.55. The molecule has 0 aromatic heterocycles. The summed E-state index contributed by atoms with van der Waals surface area (Å²) in [6.07, 6.45) is 14.1. The number of hydrogen-bond acceptors (Lipinski definition) is 1. The zero-order valence-electron chi connectivity index (χ0n) is 22.2. The van der Waals surface area contributed by atoms with Crippen LogP contribution < -0.4 is 0 Å². The van der Waals surface area contributed by atoms with Crippen LogP contribution in [0.3, 0.4) is 0 Å². The Morgan fingerprint density at radius 2 is 1.94 bits per heavy atom. The predicted octanol–water partition coefficient (Wildman–Crippen LogP) is 9.20. The van der Waals surface area contributed by atoms with Gasteiger partial charge < -0.3 is 4.79 Å². The summed E-state index contributed by atoms with van der Waals surface area (Å²) in [6.45, 7) is 22.1. The molecule has 3 aliphatic carbocycles. The van der Waals surface area contributed by atoms with Crippen molar-refractivity contribution in [3.05, 3.63) is 35.5 Å². The lowest BCUT2D eigenvalue weighted by molar-refractivity contribution is -0.112. The van der Waals surface area contributed by atoms with Gasteiger partial charge in [-0.3, -0.25) is 0 Å². The first-order valence-corrected chi connectivity index (χ1v) is 13.1. The van der Waals surface area contributed by atoms with Gasteiger partial charge >= 0.3 is 0 Å². The molecule has 2 saturated carbocycles. The lowest BCUT2D eigenvalue weighted by atomic mass is 9.61. The molecule has 3 rings (SSSR count). The molecule has 6 atom stereocenters. The fraction of sp³-hybridized carbons (Fsp3) is 0.719. The molecule has 0 bridgehead atoms. The van der Waals surface area contributed by atoms with Gasteiger partial charge in [-0.15, -0.1) is 5.92 Å². The summed E-state index contributed by atoms with van der Waals surface area (Å²) in [5.41, 5.74) is 4.97. The van der Waals surface area contributed by atoms with Crippen molar-refractivity contribution in [3.63, 3.8) is 0 Å². The van der Waals surface area contributed by atoms with Crippen LogP contribution in [0, 0.1) is 52.3 Å². The second-order valence-corrected chi connectivity index (χ2v) is 11.6. The van der Waals surface area contributed by atoms with E-state index in [-0.39, 0.29) is 24.2 Å². The van der Waals surface area contributed by atoms with E-state index in [1.54, 1.807) is 11.1 Å². The maximum absolute atomic E-state index is 11.5. The lowest BCUT2D eigenvalue weighted by Gasteiger charge is -2.43. The number of hydrogen-bond donors (Lipinski definition) is 0. The molecule has 2 fully saturated rings. The van der Waals surface area contributed by atoms with Gasteiger partial charge in [-0.1, -0.05) is 83.4 Å². The first-order chi connectivity index (χ1) is 15.0. The van der Waals surface area contributed by atoms with E-state index in [9.17, 15) is 4.79 Å². The van der Waals surface area contributed by atoms with Crippen LogP contribution in [0.5, 0.6) is 0 Å². The monoisotopic (exact) mass is 452 g/mol. The van der Waals surface area contributed by atoms with Crippen LogP contribution in [0.4, 0.5) is 0 Å². The highest BCUT2D eigenvalue weighted by Crippen LogP contribution is 2.57. The van der Waals surface area contributed by atoms with Crippen LogP contribution in [0.1, 0.15) is 108 Å². The maximum atomic E-state index is 11.5. The standard InChI is InChI=1S/C29H42O.C2H6.CH4/c1-20(10-8-14-28(4,5)6)26-12-13-27-24(11-9-15-29(26,27)7)18-25-17-23(19-30)16-21(2)22(25)3;1-2;/h12,18-21,23,25,27H,3,9-11,13,15-17H2,1-2,4-7H3;1-2H3;1H4. The molecule has 0 amide bonds. The molecule has 0 N–H and O–H groups in total. The van der Waals surface area contributed by atoms with Crippen molar-refractivity contribution < 1.29 is 4.79 Å². The minimum Gasteiger partial charge on any atom is -0.303 e. The average Bonchev–Trinajstić information content (AvgIpc) is 3.09. The van der Waals surface area contributed by atoms with E-state index in [1.165, 1.54) is 37.5 Å². The van der Waals surface area contributed by atoms with Gasteiger partial charge in [0.15, 0.2) is 0 Å². The molecule has 0 aromatic rings. The first kappa shape index (κ1) is 29.5. The van der Waals surface area contributed by atoms with Crippen LogP contribution in [-0.2, 0) is 4.79 Å². The number of carbonyl (C=O) groups is 1. The highest BCUT2D eigenvalue weighted by atomic mass is 16.1. The highest BCUT2D eigenvalue weighted by molar-refractivity contribution is 5.54. The van der Waals surface area contributed by atoms with E-state index in [0.717, 1.165) is 19.3 Å². The molecule has 0 saturated heterocycles. The van der Waals surface area contributed by atoms with E-state index in [0.29, 0.717) is 23.7 Å². The van der Waals surface area contributed by atoms with Gasteiger partial charge in [-0.2, -0.15) is 0 Å². The predicted molar refractivity (Wildman–Crippen MR) is 146 cm³/mol. The van der Waals surface area contributed by atoms with Crippen molar-refractivity contribution >= 4 is 6.29 Å². The van der Waals surface area contributed by atoms with Crippen LogP contribution in [0.25, 0.3) is 0 Å². The molecule has 186 valence electrons. The van der Waals surface area contributed by atoms with Crippen LogP contribution in [0.15, 0.2) is 35.5 Å². The smallest absolute Gasteiger partial charge is 0.123 e. The average molecular weight is 453 g/mol. The number of aldehydes is 1. The number of allylic oxidation sites excluding steroid dienone is 5. The molecule has 6 unspecified atom stereocenters. The molecule has 0 aromatic carbocycles. The topological polar surface area (TPSA) is 17.1 Å². The van der Waals surface area contributed by atoms with Crippen LogP contribution in [-0.4, -0.2) is 6.29 Å². The van der Waals surface area contributed by atoms with E-state index >= 15 is 0 Å². The summed E-state index contributed by atoms with van der Waals surface area (Å²) < 4.78 is 0. The highest BCUT2D eigenvalue weighted by Gasteiger charge is 2.46. The van der Waals surface area contributed by atoms with Crippen molar-refractivity contribution in [3.8, 4) is 11.8 Å². The summed E-state index contributed by atoms with van der Waals surface area (Å²) in [5, 5.41) is 0. The van der Waals surface area contributed by atoms with Crippen molar-refractivity contribution in [2.24, 2.45) is 40.4 Å². The van der Waals surface area contributed by atoms with Gasteiger partial charge in [0, 0.05) is 17.8 Å². The zero-order valence-corrected chi connectivity index (χ0v) is 22.2. The van der Waals surface area contributed by atoms with E-state index in [2.05, 4.69) is 72.1 Å². The molecular formula is C32H52O. The first-order valence-electron chi connectivity index (χ1n) is 13.1. The number of rotatable bonds is 4. The maximum Gasteiger partial charge on any atom is 0.123 e. The Bertz CT molecular complexity index is 793. The molecular weight excluding hydrogens is 400 g/mol. The number of fused-ring (bicyclic) bond motifs is 1. The third-order valence-electron chi connectivity index (χ3n) is 7.94. The fourth-order valence-electron chi connectivity index (χ4n) is 6.28. The van der Waals surface area contributed by atoms with Crippen molar-refractivity contribution in [1.29, 1.82) is 0 Å². The molecule has 1 heteroatoms. The molecule has 0 aliphatic heterocycles. The quantitative estimate of drug-likeness (QED) is 0.236. The van der Waals surface area contributed by atoms with Gasteiger partial charge in [0.25, 0.3) is 0 Å². The van der Waals surface area contributed by atoms with Gasteiger partial charge in [0.2, 0.25) is 0 Å². The Labute approximate surface area is 206 Å². The van der Waals surface area contributed by atoms with E-state index in [1.807, 2.05) is 13.8 Å². The fourth-order valence-corrected chi connectivity index (χ4v) is 6.28. The summed E-state index contributed by atoms with van der Waals surface area (Å²) in [7, 11) is 0. The van der Waals surface area contributed by atoms with E-state index in [4.69, 9.17) is 0 Å². The Morgan fingerprint density at radius 3 is 2.55 bits per heavy atom. The normalized spacial score (nSPS) is 33.4. The summed E-state index contributed by atoms with van der Waals surface area (Å²) in [6, 6.07) is 0. The minimum absolute atomic E-state index is 0. The molecule has 0 heterocycles. The molecule has 0 spiro atoms. The van der Waals surface area contributed by atoms with Gasteiger partial charge in [-0.05, 0) is 88.4 Å². The summed E-state index contributed by atoms with van der Waals surface area (Å²) in [5.74, 6) is 9.05. The molecule has 1 nitrogen and oxygen atoms in total. The Kier molecular flexibility index (Phi) is 10.9. The summed E-state index contributed by atoms with van der Waals surface area (Å²) in [4.78, 5) is 11.5. The van der Waals surface area contributed by atoms with Gasteiger partial charge in [-0.25, -0.2) is 0 Å². The van der Waals surface area contributed by atoms with Gasteiger partial charge in [0.05, 0.1) is 0 Å². The third kappa shape index (κ3) is 6.97. The van der Waals surface area contributed by atoms with E-state index < -0.39 is 0 Å². The van der Waals surface area contributed by atoms with Crippen molar-refractivity contribution in [2.45, 2.75) is 108 Å². The largest absolute Gasteiger partial charge is 0.303 e.